The molecular formula is C19H24N2O6. The van der Waals surface area contributed by atoms with E-state index in [0.29, 0.717) is 37.3 Å². The predicted octanol–water partition coefficient (Wildman–Crippen LogP) is 1.29. The van der Waals surface area contributed by atoms with Gasteiger partial charge in [0.2, 0.25) is 5.91 Å². The van der Waals surface area contributed by atoms with Crippen molar-refractivity contribution in [3.8, 4) is 5.75 Å². The highest BCUT2D eigenvalue weighted by molar-refractivity contribution is 5.98. The molecule has 1 aliphatic heterocycles. The van der Waals surface area contributed by atoms with Crippen molar-refractivity contribution in [1.29, 1.82) is 0 Å². The van der Waals surface area contributed by atoms with Crippen LogP contribution in [0.25, 0.3) is 0 Å². The van der Waals surface area contributed by atoms with Crippen LogP contribution >= 0.6 is 0 Å². The SMILES string of the molecule is CCCCOc1ccc(C(=O)NCC(=O)OCC(=O)N2CCCC2=O)cc1. The molecule has 27 heavy (non-hydrogen) atoms. The first-order chi connectivity index (χ1) is 13.0. The fraction of sp³-hybridized carbons (Fsp3) is 0.474. The van der Waals surface area contributed by atoms with Gasteiger partial charge in [0, 0.05) is 18.5 Å². The van der Waals surface area contributed by atoms with Crippen LogP contribution < -0.4 is 10.1 Å². The normalized spacial score (nSPS) is 13.4. The second-order valence-corrected chi connectivity index (χ2v) is 6.11. The van der Waals surface area contributed by atoms with Gasteiger partial charge in [-0.1, -0.05) is 13.3 Å². The third-order valence-corrected chi connectivity index (χ3v) is 4.01. The lowest BCUT2D eigenvalue weighted by molar-refractivity contribution is -0.154. The summed E-state index contributed by atoms with van der Waals surface area (Å²) < 4.78 is 10.3. The van der Waals surface area contributed by atoms with Gasteiger partial charge in [-0.25, -0.2) is 0 Å². The average molecular weight is 376 g/mol. The molecule has 3 amide bonds. The number of ether oxygens (including phenoxy) is 2. The molecule has 1 saturated heterocycles. The number of unbranched alkanes of at least 4 members (excludes halogenated alkanes) is 1. The van der Waals surface area contributed by atoms with Gasteiger partial charge in [0.05, 0.1) is 6.61 Å². The third kappa shape index (κ3) is 6.40. The van der Waals surface area contributed by atoms with Crippen LogP contribution in [0.4, 0.5) is 0 Å². The van der Waals surface area contributed by atoms with Crippen LogP contribution in [-0.4, -0.2) is 54.9 Å². The highest BCUT2D eigenvalue weighted by Gasteiger charge is 2.26. The number of imide groups is 1. The van der Waals surface area contributed by atoms with Gasteiger partial charge < -0.3 is 14.8 Å². The molecule has 8 nitrogen and oxygen atoms in total. The Bertz CT molecular complexity index is 686. The third-order valence-electron chi connectivity index (χ3n) is 4.01. The molecule has 1 fully saturated rings. The van der Waals surface area contributed by atoms with Crippen molar-refractivity contribution in [1.82, 2.24) is 10.2 Å². The zero-order valence-corrected chi connectivity index (χ0v) is 15.4. The maximum absolute atomic E-state index is 12.0. The largest absolute Gasteiger partial charge is 0.494 e. The number of nitrogens with one attached hydrogen (secondary N) is 1. The number of likely N-dealkylation sites (tertiary alicyclic amines) is 1. The summed E-state index contributed by atoms with van der Waals surface area (Å²) in [6, 6.07) is 6.58. The molecule has 1 aromatic carbocycles. The number of carbonyl (C=O) groups excluding carboxylic acids is 4. The maximum Gasteiger partial charge on any atom is 0.325 e. The van der Waals surface area contributed by atoms with Gasteiger partial charge in [-0.3, -0.25) is 24.1 Å². The molecule has 0 spiro atoms. The number of hydrogen-bond acceptors (Lipinski definition) is 6. The lowest BCUT2D eigenvalue weighted by Crippen LogP contribution is -2.37. The Morgan fingerprint density at radius 2 is 1.93 bits per heavy atom. The Balaban J connectivity index is 1.70. The molecule has 2 rings (SSSR count). The zero-order chi connectivity index (χ0) is 19.6. The lowest BCUT2D eigenvalue weighted by Gasteiger charge is -2.13. The second-order valence-electron chi connectivity index (χ2n) is 6.11. The molecule has 8 heteroatoms. The van der Waals surface area contributed by atoms with Crippen molar-refractivity contribution in [2.45, 2.75) is 32.6 Å². The summed E-state index contributed by atoms with van der Waals surface area (Å²) in [6.45, 7) is 2.17. The van der Waals surface area contributed by atoms with Gasteiger partial charge in [0.15, 0.2) is 6.61 Å². The smallest absolute Gasteiger partial charge is 0.325 e. The second kappa shape index (κ2) is 10.3. The van der Waals surface area contributed by atoms with Crippen molar-refractivity contribution in [3.05, 3.63) is 29.8 Å². The molecule has 1 aliphatic rings. The molecule has 146 valence electrons. The Kier molecular flexibility index (Phi) is 7.79. The lowest BCUT2D eigenvalue weighted by atomic mass is 10.2. The molecule has 0 radical (unpaired) electrons. The van der Waals surface area contributed by atoms with Gasteiger partial charge in [-0.05, 0) is 37.1 Å². The average Bonchev–Trinajstić information content (AvgIpc) is 3.11. The minimum atomic E-state index is -0.747. The molecule has 1 aromatic rings. The summed E-state index contributed by atoms with van der Waals surface area (Å²) >= 11 is 0. The van der Waals surface area contributed by atoms with Gasteiger partial charge in [0.1, 0.15) is 12.3 Å². The van der Waals surface area contributed by atoms with E-state index in [1.807, 2.05) is 0 Å². The molecular weight excluding hydrogens is 352 g/mol. The first-order valence-electron chi connectivity index (χ1n) is 9.01. The summed E-state index contributed by atoms with van der Waals surface area (Å²) in [5, 5.41) is 2.43. The molecule has 1 N–H and O–H groups in total. The van der Waals surface area contributed by atoms with Gasteiger partial charge in [-0.15, -0.1) is 0 Å². The van der Waals surface area contributed by atoms with Crippen LogP contribution in [0, 0.1) is 0 Å². The Morgan fingerprint density at radius 1 is 1.19 bits per heavy atom. The van der Waals surface area contributed by atoms with Gasteiger partial charge in [-0.2, -0.15) is 0 Å². The molecule has 0 aliphatic carbocycles. The summed E-state index contributed by atoms with van der Waals surface area (Å²) in [5.41, 5.74) is 0.379. The fourth-order valence-corrected chi connectivity index (χ4v) is 2.47. The first-order valence-corrected chi connectivity index (χ1v) is 9.01. The first kappa shape index (κ1) is 20.4. The summed E-state index contributed by atoms with van der Waals surface area (Å²) in [5.74, 6) is -1.31. The van der Waals surface area contributed by atoms with E-state index in [9.17, 15) is 19.2 Å². The topological polar surface area (TPSA) is 102 Å². The Morgan fingerprint density at radius 3 is 2.56 bits per heavy atom. The molecule has 0 saturated carbocycles. The molecule has 1 heterocycles. The van der Waals surface area contributed by atoms with Crippen LogP contribution in [-0.2, 0) is 19.1 Å². The highest BCUT2D eigenvalue weighted by Crippen LogP contribution is 2.13. The summed E-state index contributed by atoms with van der Waals surface area (Å²) in [7, 11) is 0. The van der Waals surface area contributed by atoms with Crippen molar-refractivity contribution < 1.29 is 28.7 Å². The predicted molar refractivity (Wildman–Crippen MR) is 96.1 cm³/mol. The number of hydrogen-bond donors (Lipinski definition) is 1. The maximum atomic E-state index is 12.0. The number of amides is 3. The van der Waals surface area contributed by atoms with E-state index in [2.05, 4.69) is 12.2 Å². The number of rotatable bonds is 9. The van der Waals surface area contributed by atoms with Gasteiger partial charge >= 0.3 is 5.97 Å². The van der Waals surface area contributed by atoms with E-state index in [-0.39, 0.29) is 12.5 Å². The van der Waals surface area contributed by atoms with E-state index in [1.54, 1.807) is 24.3 Å². The quantitative estimate of drug-likeness (QED) is 0.515. The van der Waals surface area contributed by atoms with E-state index < -0.39 is 24.4 Å². The van der Waals surface area contributed by atoms with Crippen LogP contribution in [0.5, 0.6) is 5.75 Å². The van der Waals surface area contributed by atoms with E-state index in [0.717, 1.165) is 17.7 Å². The summed E-state index contributed by atoms with van der Waals surface area (Å²) in [6.07, 6.45) is 2.95. The number of esters is 1. The van der Waals surface area contributed by atoms with Crippen LogP contribution in [0.15, 0.2) is 24.3 Å². The molecule has 0 atom stereocenters. The molecule has 0 bridgehead atoms. The minimum Gasteiger partial charge on any atom is -0.494 e. The van der Waals surface area contributed by atoms with Crippen molar-refractivity contribution in [3.63, 3.8) is 0 Å². The minimum absolute atomic E-state index is 0.258. The van der Waals surface area contributed by atoms with E-state index >= 15 is 0 Å². The van der Waals surface area contributed by atoms with Crippen LogP contribution in [0.1, 0.15) is 43.0 Å². The fourth-order valence-electron chi connectivity index (χ4n) is 2.47. The van der Waals surface area contributed by atoms with Crippen molar-refractivity contribution >= 4 is 23.7 Å². The molecule has 0 unspecified atom stereocenters. The Labute approximate surface area is 157 Å². The standard InChI is InChI=1S/C19H24N2O6/c1-2-3-11-26-15-8-6-14(7-9-15)19(25)20-12-18(24)27-13-17(23)21-10-4-5-16(21)22/h6-9H,2-5,10-13H2,1H3,(H,20,25). The van der Waals surface area contributed by atoms with Crippen molar-refractivity contribution in [2.24, 2.45) is 0 Å². The highest BCUT2D eigenvalue weighted by atomic mass is 16.5. The number of carbonyl (C=O) groups is 4. The van der Waals surface area contributed by atoms with Crippen molar-refractivity contribution in [2.75, 3.05) is 26.3 Å². The molecule has 0 aromatic heterocycles. The summed E-state index contributed by atoms with van der Waals surface area (Å²) in [4.78, 5) is 48.0. The van der Waals surface area contributed by atoms with E-state index in [4.69, 9.17) is 9.47 Å². The zero-order valence-electron chi connectivity index (χ0n) is 15.4. The van der Waals surface area contributed by atoms with Gasteiger partial charge in [0.25, 0.3) is 11.8 Å². The van der Waals surface area contributed by atoms with Crippen LogP contribution in [0.3, 0.4) is 0 Å². The van der Waals surface area contributed by atoms with E-state index in [1.165, 1.54) is 0 Å². The Hall–Kier alpha value is -2.90. The van der Waals surface area contributed by atoms with Crippen LogP contribution in [0.2, 0.25) is 0 Å². The monoisotopic (exact) mass is 376 g/mol. The number of nitrogens with zero attached hydrogens (tertiary/aromatic N) is 1. The number of benzene rings is 1.